The summed E-state index contributed by atoms with van der Waals surface area (Å²) < 4.78 is 0. The number of nitrogens with zero attached hydrogens (tertiary/aromatic N) is 1. The Morgan fingerprint density at radius 3 is 2.00 bits per heavy atom. The summed E-state index contributed by atoms with van der Waals surface area (Å²) in [6.07, 6.45) is 0. The molecule has 0 aromatic carbocycles. The van der Waals surface area contributed by atoms with Gasteiger partial charge in [-0.05, 0) is 13.8 Å². The monoisotopic (exact) mass is 140 g/mol. The molecule has 1 aliphatic rings. The largest absolute Gasteiger partial charge is 0.351 e. The molecule has 0 radical (unpaired) electrons. The maximum atomic E-state index is 10.6. The Bertz CT molecular complexity index is 182. The molecule has 0 aromatic rings. The molecule has 56 valence electrons. The second-order valence-corrected chi connectivity index (χ2v) is 2.75. The van der Waals surface area contributed by atoms with Gasteiger partial charge in [0.2, 0.25) is 0 Å². The highest BCUT2D eigenvalue weighted by atomic mass is 16.2. The van der Waals surface area contributed by atoms with Crippen LogP contribution in [0.4, 0.5) is 4.79 Å². The summed E-state index contributed by atoms with van der Waals surface area (Å²) in [5.41, 5.74) is 7.61. The Kier molecular flexibility index (Phi) is 1.66. The summed E-state index contributed by atoms with van der Waals surface area (Å²) in [5, 5.41) is 0. The second-order valence-electron chi connectivity index (χ2n) is 2.75. The first-order chi connectivity index (χ1) is 4.61. The van der Waals surface area contributed by atoms with Gasteiger partial charge in [0.05, 0.1) is 0 Å². The average molecular weight is 140 g/mol. The summed E-state index contributed by atoms with van der Waals surface area (Å²) in [6.45, 7) is 5.47. The molecule has 1 aliphatic heterocycles. The van der Waals surface area contributed by atoms with Crippen LogP contribution < -0.4 is 5.73 Å². The summed E-state index contributed by atoms with van der Waals surface area (Å²) >= 11 is 0. The van der Waals surface area contributed by atoms with Crippen molar-refractivity contribution in [3.63, 3.8) is 0 Å². The van der Waals surface area contributed by atoms with Gasteiger partial charge in [0.1, 0.15) is 0 Å². The van der Waals surface area contributed by atoms with Crippen LogP contribution >= 0.6 is 0 Å². The molecule has 3 nitrogen and oxygen atoms in total. The standard InChI is InChI=1S/C7H12N2O/c1-5-3-9(7(8)10)4-6(5)2/h3-4H2,1-2H3,(H2,8,10). The normalized spacial score (nSPS) is 18.4. The zero-order valence-corrected chi connectivity index (χ0v) is 6.35. The first kappa shape index (κ1) is 7.12. The van der Waals surface area contributed by atoms with Gasteiger partial charge in [-0.1, -0.05) is 11.1 Å². The first-order valence-electron chi connectivity index (χ1n) is 3.31. The number of carbonyl (C=O) groups is 1. The number of carbonyl (C=O) groups excluding carboxylic acids is 1. The van der Waals surface area contributed by atoms with Crippen molar-refractivity contribution in [3.05, 3.63) is 11.1 Å². The van der Waals surface area contributed by atoms with Crippen molar-refractivity contribution in [2.24, 2.45) is 5.73 Å². The number of primary amides is 1. The van der Waals surface area contributed by atoms with E-state index in [0.29, 0.717) is 13.1 Å². The summed E-state index contributed by atoms with van der Waals surface area (Å²) in [6, 6.07) is -0.323. The van der Waals surface area contributed by atoms with Crippen LogP contribution in [0.3, 0.4) is 0 Å². The van der Waals surface area contributed by atoms with Crippen molar-refractivity contribution >= 4 is 6.03 Å². The average Bonchev–Trinajstić information content (AvgIpc) is 2.13. The Hall–Kier alpha value is -0.990. The molecule has 3 heteroatoms. The molecule has 10 heavy (non-hydrogen) atoms. The molecular formula is C7H12N2O. The van der Waals surface area contributed by atoms with Gasteiger partial charge in [0.25, 0.3) is 0 Å². The van der Waals surface area contributed by atoms with Gasteiger partial charge in [-0.15, -0.1) is 0 Å². The van der Waals surface area contributed by atoms with Crippen LogP contribution in [0.5, 0.6) is 0 Å². The third-order valence-electron chi connectivity index (χ3n) is 1.90. The van der Waals surface area contributed by atoms with E-state index in [1.807, 2.05) is 13.8 Å². The number of rotatable bonds is 0. The van der Waals surface area contributed by atoms with Gasteiger partial charge < -0.3 is 10.6 Å². The highest BCUT2D eigenvalue weighted by molar-refractivity contribution is 5.73. The highest BCUT2D eigenvalue weighted by Gasteiger charge is 2.17. The predicted molar refractivity (Wildman–Crippen MR) is 39.5 cm³/mol. The maximum absolute atomic E-state index is 10.6. The van der Waals surface area contributed by atoms with E-state index in [1.165, 1.54) is 11.1 Å². The number of urea groups is 1. The van der Waals surface area contributed by atoms with Crippen molar-refractivity contribution in [2.45, 2.75) is 13.8 Å². The molecule has 2 amide bonds. The lowest BCUT2D eigenvalue weighted by molar-refractivity contribution is 0.219. The lowest BCUT2D eigenvalue weighted by atomic mass is 10.2. The minimum absolute atomic E-state index is 0.323. The SMILES string of the molecule is CC1=C(C)CN(C(N)=O)C1. The van der Waals surface area contributed by atoms with Crippen molar-refractivity contribution < 1.29 is 4.79 Å². The molecule has 0 aliphatic carbocycles. The zero-order chi connectivity index (χ0) is 7.72. The summed E-state index contributed by atoms with van der Waals surface area (Å²) in [4.78, 5) is 12.2. The number of hydrogen-bond acceptors (Lipinski definition) is 1. The molecule has 0 atom stereocenters. The Morgan fingerprint density at radius 2 is 1.80 bits per heavy atom. The number of nitrogens with two attached hydrogens (primary N) is 1. The topological polar surface area (TPSA) is 46.3 Å². The van der Waals surface area contributed by atoms with E-state index < -0.39 is 0 Å². The van der Waals surface area contributed by atoms with Gasteiger partial charge in [0, 0.05) is 13.1 Å². The van der Waals surface area contributed by atoms with Crippen LogP contribution in [-0.4, -0.2) is 24.0 Å². The lowest BCUT2D eigenvalue weighted by Crippen LogP contribution is -2.34. The zero-order valence-electron chi connectivity index (χ0n) is 6.35. The quantitative estimate of drug-likeness (QED) is 0.495. The van der Waals surface area contributed by atoms with E-state index in [9.17, 15) is 4.79 Å². The van der Waals surface area contributed by atoms with Crippen LogP contribution in [0.2, 0.25) is 0 Å². The Balaban J connectivity index is 2.59. The molecule has 0 unspecified atom stereocenters. The molecule has 0 saturated heterocycles. The summed E-state index contributed by atoms with van der Waals surface area (Å²) in [5.74, 6) is 0. The first-order valence-corrected chi connectivity index (χ1v) is 3.31. The van der Waals surface area contributed by atoms with Crippen molar-refractivity contribution in [1.29, 1.82) is 0 Å². The van der Waals surface area contributed by atoms with Gasteiger partial charge in [0.15, 0.2) is 0 Å². The van der Waals surface area contributed by atoms with Crippen molar-refractivity contribution in [1.82, 2.24) is 4.90 Å². The van der Waals surface area contributed by atoms with Crippen LogP contribution in [0, 0.1) is 0 Å². The lowest BCUT2D eigenvalue weighted by Gasteiger charge is -2.11. The van der Waals surface area contributed by atoms with Crippen molar-refractivity contribution in [2.75, 3.05) is 13.1 Å². The van der Waals surface area contributed by atoms with E-state index in [0.717, 1.165) is 0 Å². The third kappa shape index (κ3) is 1.12. The van der Waals surface area contributed by atoms with Gasteiger partial charge in [-0.25, -0.2) is 4.79 Å². The molecule has 0 spiro atoms. The number of hydrogen-bond donors (Lipinski definition) is 1. The smallest absolute Gasteiger partial charge is 0.315 e. The van der Waals surface area contributed by atoms with E-state index in [2.05, 4.69) is 0 Å². The Labute approximate surface area is 60.5 Å². The summed E-state index contributed by atoms with van der Waals surface area (Å²) in [7, 11) is 0. The fraction of sp³-hybridized carbons (Fsp3) is 0.571. The second kappa shape index (κ2) is 2.33. The Morgan fingerprint density at radius 1 is 1.40 bits per heavy atom. The highest BCUT2D eigenvalue weighted by Crippen LogP contribution is 2.14. The fourth-order valence-electron chi connectivity index (χ4n) is 1.05. The van der Waals surface area contributed by atoms with Crippen LogP contribution in [0.25, 0.3) is 0 Å². The molecule has 0 fully saturated rings. The molecule has 2 N–H and O–H groups in total. The minimum atomic E-state index is -0.323. The van der Waals surface area contributed by atoms with Gasteiger partial charge >= 0.3 is 6.03 Å². The van der Waals surface area contributed by atoms with Gasteiger partial charge in [-0.2, -0.15) is 0 Å². The molecule has 0 bridgehead atoms. The van der Waals surface area contributed by atoms with E-state index >= 15 is 0 Å². The molecular weight excluding hydrogens is 128 g/mol. The third-order valence-corrected chi connectivity index (χ3v) is 1.90. The van der Waals surface area contributed by atoms with E-state index in [-0.39, 0.29) is 6.03 Å². The fourth-order valence-corrected chi connectivity index (χ4v) is 1.05. The van der Waals surface area contributed by atoms with Crippen molar-refractivity contribution in [3.8, 4) is 0 Å². The van der Waals surface area contributed by atoms with E-state index in [4.69, 9.17) is 5.73 Å². The number of amides is 2. The van der Waals surface area contributed by atoms with Crippen LogP contribution in [0.1, 0.15) is 13.8 Å². The molecule has 1 rings (SSSR count). The predicted octanol–water partition coefficient (Wildman–Crippen LogP) is 0.717. The van der Waals surface area contributed by atoms with Gasteiger partial charge in [-0.3, -0.25) is 0 Å². The maximum Gasteiger partial charge on any atom is 0.315 e. The minimum Gasteiger partial charge on any atom is -0.351 e. The van der Waals surface area contributed by atoms with E-state index in [1.54, 1.807) is 4.90 Å². The van der Waals surface area contributed by atoms with Crippen LogP contribution in [0.15, 0.2) is 11.1 Å². The van der Waals surface area contributed by atoms with Crippen LogP contribution in [-0.2, 0) is 0 Å². The molecule has 1 heterocycles. The molecule has 0 saturated carbocycles. The molecule has 0 aromatic heterocycles.